The number of carbonyl (C=O) groups is 1. The second kappa shape index (κ2) is 10.7. The lowest BCUT2D eigenvalue weighted by Gasteiger charge is -2.39. The molecule has 1 amide bonds. The van der Waals surface area contributed by atoms with Crippen LogP contribution in [0.5, 0.6) is 0 Å². The van der Waals surface area contributed by atoms with Gasteiger partial charge in [-0.05, 0) is 69.2 Å². The molecule has 5 aliphatic rings. The summed E-state index contributed by atoms with van der Waals surface area (Å²) in [4.78, 5) is 19.7. The van der Waals surface area contributed by atoms with E-state index in [2.05, 4.69) is 29.7 Å². The summed E-state index contributed by atoms with van der Waals surface area (Å²) in [5.74, 6) is -1.92. The molecule has 2 saturated carbocycles. The molecule has 3 aliphatic heterocycles. The van der Waals surface area contributed by atoms with Gasteiger partial charge in [0.1, 0.15) is 6.17 Å². The Balaban J connectivity index is 1.24. The number of nitrogens with zero attached hydrogens (tertiary/aromatic N) is 3. The fraction of sp³-hybridized carbons (Fsp3) is 0.962. The summed E-state index contributed by atoms with van der Waals surface area (Å²) in [5, 5.41) is 0. The Kier molecular flexibility index (Phi) is 7.88. The second-order valence-electron chi connectivity index (χ2n) is 12.4. The van der Waals surface area contributed by atoms with Crippen LogP contribution in [0.4, 0.5) is 17.6 Å². The molecule has 2 aliphatic carbocycles. The van der Waals surface area contributed by atoms with Crippen molar-refractivity contribution in [3.8, 4) is 0 Å². The maximum absolute atomic E-state index is 14.2. The van der Waals surface area contributed by atoms with E-state index in [1.807, 2.05) is 9.80 Å². The molecule has 36 heavy (non-hydrogen) atoms. The molecule has 6 nitrogen and oxygen atoms in total. The summed E-state index contributed by atoms with van der Waals surface area (Å²) in [5.41, 5.74) is 6.49. The zero-order valence-electron chi connectivity index (χ0n) is 21.7. The normalized spacial score (nSPS) is 41.7. The molecule has 5 rings (SSSR count). The largest absolute Gasteiger partial charge is 0.392 e. The number of alkyl halides is 4. The van der Waals surface area contributed by atoms with E-state index in [1.54, 1.807) is 0 Å². The Morgan fingerprint density at radius 3 is 2.58 bits per heavy atom. The van der Waals surface area contributed by atoms with E-state index < -0.39 is 30.1 Å². The van der Waals surface area contributed by atoms with Gasteiger partial charge < -0.3 is 9.80 Å². The van der Waals surface area contributed by atoms with Gasteiger partial charge in [0.05, 0.1) is 18.8 Å². The first-order chi connectivity index (χ1) is 17.1. The van der Waals surface area contributed by atoms with Crippen molar-refractivity contribution >= 4 is 5.91 Å². The van der Waals surface area contributed by atoms with E-state index >= 15 is 0 Å². The van der Waals surface area contributed by atoms with Gasteiger partial charge in [0.2, 0.25) is 5.91 Å². The van der Waals surface area contributed by atoms with Crippen molar-refractivity contribution < 1.29 is 22.4 Å². The molecule has 2 N–H and O–H groups in total. The maximum atomic E-state index is 14.2. The average Bonchev–Trinajstić information content (AvgIpc) is 3.52. The molecule has 3 heterocycles. The molecule has 0 aromatic heterocycles. The molecule has 206 valence electrons. The molecule has 0 aromatic carbocycles. The Morgan fingerprint density at radius 2 is 1.92 bits per heavy atom. The molecular formula is C26H43F4N5O. The van der Waals surface area contributed by atoms with Crippen LogP contribution in [0.1, 0.15) is 58.3 Å². The maximum Gasteiger partial charge on any atom is 0.392 e. The fourth-order valence-corrected chi connectivity index (χ4v) is 7.98. The van der Waals surface area contributed by atoms with Crippen molar-refractivity contribution in [2.45, 2.75) is 82.8 Å². The van der Waals surface area contributed by atoms with Crippen LogP contribution in [0, 0.1) is 35.5 Å². The van der Waals surface area contributed by atoms with Crippen LogP contribution in [0.25, 0.3) is 0 Å². The zero-order valence-corrected chi connectivity index (χ0v) is 21.7. The van der Waals surface area contributed by atoms with Crippen molar-refractivity contribution in [2.24, 2.45) is 35.5 Å². The van der Waals surface area contributed by atoms with Gasteiger partial charge in [0.15, 0.2) is 0 Å². The van der Waals surface area contributed by atoms with E-state index in [4.69, 9.17) is 0 Å². The second-order valence-corrected chi connectivity index (χ2v) is 12.4. The SMILES string of the molecule is C[C@H](CC1NNCN1C)C1CCCC(N2CC3C(CC(CN4CC[C@@H](F)C4)CC3C(F)(F)F)C2=O)C1. The minimum absolute atomic E-state index is 0.0508. The summed E-state index contributed by atoms with van der Waals surface area (Å²) in [7, 11) is 2.09. The summed E-state index contributed by atoms with van der Waals surface area (Å²) in [6.45, 7) is 4.72. The molecule has 9 atom stereocenters. The minimum Gasteiger partial charge on any atom is -0.339 e. The highest BCUT2D eigenvalue weighted by atomic mass is 19.4. The molecule has 7 unspecified atom stereocenters. The highest BCUT2D eigenvalue weighted by Gasteiger charge is 2.57. The van der Waals surface area contributed by atoms with Gasteiger partial charge in [-0.25, -0.2) is 15.2 Å². The molecule has 10 heteroatoms. The lowest BCUT2D eigenvalue weighted by molar-refractivity contribution is -0.204. The summed E-state index contributed by atoms with van der Waals surface area (Å²) >= 11 is 0. The molecule has 5 fully saturated rings. The number of rotatable bonds is 6. The van der Waals surface area contributed by atoms with Gasteiger partial charge >= 0.3 is 6.18 Å². The van der Waals surface area contributed by atoms with Crippen LogP contribution in [0.15, 0.2) is 0 Å². The van der Waals surface area contributed by atoms with Crippen LogP contribution in [0.3, 0.4) is 0 Å². The topological polar surface area (TPSA) is 50.9 Å². The number of nitrogens with one attached hydrogen (secondary N) is 2. The van der Waals surface area contributed by atoms with Gasteiger partial charge in [-0.15, -0.1) is 0 Å². The quantitative estimate of drug-likeness (QED) is 0.528. The number of hydrazine groups is 1. The number of halogens is 4. The Bertz CT molecular complexity index is 784. The number of hydrogen-bond acceptors (Lipinski definition) is 5. The molecular weight excluding hydrogens is 474 g/mol. The van der Waals surface area contributed by atoms with Gasteiger partial charge in [0.25, 0.3) is 0 Å². The van der Waals surface area contributed by atoms with E-state index in [1.165, 1.54) is 0 Å². The van der Waals surface area contributed by atoms with Crippen molar-refractivity contribution in [1.82, 2.24) is 25.6 Å². The van der Waals surface area contributed by atoms with Gasteiger partial charge in [-0.3, -0.25) is 9.69 Å². The van der Waals surface area contributed by atoms with E-state index in [9.17, 15) is 22.4 Å². The third kappa shape index (κ3) is 5.57. The van der Waals surface area contributed by atoms with Crippen LogP contribution >= 0.6 is 0 Å². The fourth-order valence-electron chi connectivity index (χ4n) is 7.98. The molecule has 0 radical (unpaired) electrons. The van der Waals surface area contributed by atoms with E-state index in [0.29, 0.717) is 44.3 Å². The Morgan fingerprint density at radius 1 is 1.11 bits per heavy atom. The number of amides is 1. The minimum atomic E-state index is -4.30. The van der Waals surface area contributed by atoms with Crippen molar-refractivity contribution in [2.75, 3.05) is 39.9 Å². The third-order valence-electron chi connectivity index (χ3n) is 10.0. The van der Waals surface area contributed by atoms with Gasteiger partial charge in [0, 0.05) is 38.1 Å². The predicted molar refractivity (Wildman–Crippen MR) is 129 cm³/mol. The first-order valence-corrected chi connectivity index (χ1v) is 14.0. The first-order valence-electron chi connectivity index (χ1n) is 14.0. The highest BCUT2D eigenvalue weighted by molar-refractivity contribution is 5.82. The zero-order chi connectivity index (χ0) is 25.6. The molecule has 0 spiro atoms. The smallest absolute Gasteiger partial charge is 0.339 e. The van der Waals surface area contributed by atoms with Gasteiger partial charge in [-0.2, -0.15) is 13.2 Å². The van der Waals surface area contributed by atoms with Gasteiger partial charge in [-0.1, -0.05) is 19.8 Å². The summed E-state index contributed by atoms with van der Waals surface area (Å²) in [6, 6.07) is 0.0508. The number of hydrogen-bond donors (Lipinski definition) is 2. The lowest BCUT2D eigenvalue weighted by atomic mass is 9.68. The first kappa shape index (κ1) is 26.6. The third-order valence-corrected chi connectivity index (χ3v) is 10.0. The monoisotopic (exact) mass is 517 g/mol. The number of fused-ring (bicyclic) bond motifs is 1. The average molecular weight is 518 g/mol. The summed E-state index contributed by atoms with van der Waals surface area (Å²) < 4.78 is 56.3. The van der Waals surface area contributed by atoms with Crippen LogP contribution in [0.2, 0.25) is 0 Å². The van der Waals surface area contributed by atoms with Crippen molar-refractivity contribution in [3.63, 3.8) is 0 Å². The predicted octanol–water partition coefficient (Wildman–Crippen LogP) is 3.60. The number of carbonyl (C=O) groups excluding carboxylic acids is 1. The lowest BCUT2D eigenvalue weighted by Crippen LogP contribution is -2.43. The Labute approximate surface area is 212 Å². The standard InChI is InChI=1S/C26H43F4N5O/c1-16(8-24-32-31-15-33(24)2)18-4-3-5-20(11-18)35-14-22-21(25(35)36)9-17(10-23(22)26(28,29)30)12-34-7-6-19(27)13-34/h16-24,31-32H,3-15H2,1-2H3/t16-,17?,18?,19-,20?,21?,22?,23?,24?/m1/s1. The molecule has 0 aromatic rings. The highest BCUT2D eigenvalue weighted by Crippen LogP contribution is 2.51. The van der Waals surface area contributed by atoms with E-state index in [0.717, 1.165) is 38.8 Å². The van der Waals surface area contributed by atoms with Crippen LogP contribution in [-0.4, -0.2) is 85.1 Å². The van der Waals surface area contributed by atoms with E-state index in [-0.39, 0.29) is 37.0 Å². The van der Waals surface area contributed by atoms with Crippen molar-refractivity contribution in [3.05, 3.63) is 0 Å². The van der Waals surface area contributed by atoms with Crippen molar-refractivity contribution in [1.29, 1.82) is 0 Å². The molecule has 3 saturated heterocycles. The van der Waals surface area contributed by atoms with Crippen LogP contribution in [-0.2, 0) is 4.79 Å². The number of likely N-dealkylation sites (tertiary alicyclic amines) is 2. The summed E-state index contributed by atoms with van der Waals surface area (Å²) in [6.07, 6.45) is 1.07. The van der Waals surface area contributed by atoms with Crippen LogP contribution < -0.4 is 10.9 Å². The molecule has 0 bridgehead atoms. The Hall–Kier alpha value is -0.970.